The van der Waals surface area contributed by atoms with Crippen LogP contribution in [0.1, 0.15) is 26.2 Å². The van der Waals surface area contributed by atoms with E-state index >= 15 is 0 Å². The zero-order valence-corrected chi connectivity index (χ0v) is 12.4. The lowest BCUT2D eigenvalue weighted by Gasteiger charge is -2.13. The fourth-order valence-corrected chi connectivity index (χ4v) is 4.81. The lowest BCUT2D eigenvalue weighted by molar-refractivity contribution is 0.550. The van der Waals surface area contributed by atoms with Gasteiger partial charge in [0.05, 0.1) is 4.90 Å². The van der Waals surface area contributed by atoms with Crippen LogP contribution in [-0.2, 0) is 10.0 Å². The molecule has 2 rings (SSSR count). The molecule has 6 heteroatoms. The molecule has 106 valence electrons. The second kappa shape index (κ2) is 6.24. The highest BCUT2D eigenvalue weighted by molar-refractivity contribution is 7.99. The van der Waals surface area contributed by atoms with Crippen molar-refractivity contribution < 1.29 is 12.8 Å². The number of halogens is 1. The summed E-state index contributed by atoms with van der Waals surface area (Å²) >= 11 is 1.87. The van der Waals surface area contributed by atoms with Gasteiger partial charge in [-0.25, -0.2) is 17.5 Å². The Morgan fingerprint density at radius 3 is 2.89 bits per heavy atom. The van der Waals surface area contributed by atoms with Crippen molar-refractivity contribution in [1.82, 2.24) is 4.72 Å². The maximum Gasteiger partial charge on any atom is 0.240 e. The summed E-state index contributed by atoms with van der Waals surface area (Å²) in [5, 5.41) is 0.533. The van der Waals surface area contributed by atoms with Crippen molar-refractivity contribution in [2.75, 3.05) is 5.75 Å². The molecular formula is C13H18FNO2S2. The minimum atomic E-state index is -3.60. The molecule has 0 heterocycles. The van der Waals surface area contributed by atoms with Gasteiger partial charge in [-0.2, -0.15) is 11.8 Å². The molecule has 0 aliphatic heterocycles. The number of rotatable bonds is 5. The minimum Gasteiger partial charge on any atom is -0.208 e. The van der Waals surface area contributed by atoms with Gasteiger partial charge in [-0.05, 0) is 43.2 Å². The fourth-order valence-electron chi connectivity index (χ4n) is 2.36. The summed E-state index contributed by atoms with van der Waals surface area (Å²) in [6.07, 6.45) is 2.74. The zero-order chi connectivity index (χ0) is 13.9. The molecule has 0 amide bonds. The summed E-state index contributed by atoms with van der Waals surface area (Å²) < 4.78 is 40.0. The number of hydrogen-bond acceptors (Lipinski definition) is 3. The van der Waals surface area contributed by atoms with E-state index in [1.54, 1.807) is 0 Å². The Kier molecular flexibility index (Phi) is 4.86. The lowest BCUT2D eigenvalue weighted by atomic mass is 10.3. The molecule has 19 heavy (non-hydrogen) atoms. The van der Waals surface area contributed by atoms with Crippen molar-refractivity contribution in [3.63, 3.8) is 0 Å². The highest BCUT2D eigenvalue weighted by Gasteiger charge is 2.28. The maximum atomic E-state index is 13.1. The molecule has 1 aromatic carbocycles. The van der Waals surface area contributed by atoms with Gasteiger partial charge in [-0.3, -0.25) is 0 Å². The van der Waals surface area contributed by atoms with Crippen molar-refractivity contribution in [3.8, 4) is 0 Å². The van der Waals surface area contributed by atoms with Crippen molar-refractivity contribution >= 4 is 21.8 Å². The van der Waals surface area contributed by atoms with E-state index < -0.39 is 15.8 Å². The zero-order valence-electron chi connectivity index (χ0n) is 10.8. The Morgan fingerprint density at radius 1 is 1.42 bits per heavy atom. The average molecular weight is 303 g/mol. The van der Waals surface area contributed by atoms with Gasteiger partial charge < -0.3 is 0 Å². The van der Waals surface area contributed by atoms with Crippen molar-refractivity contribution in [3.05, 3.63) is 30.1 Å². The van der Waals surface area contributed by atoms with E-state index in [1.807, 2.05) is 11.8 Å². The number of sulfonamides is 1. The maximum absolute atomic E-state index is 13.1. The van der Waals surface area contributed by atoms with Crippen molar-refractivity contribution in [1.29, 1.82) is 0 Å². The molecule has 1 fully saturated rings. The van der Waals surface area contributed by atoms with E-state index in [1.165, 1.54) is 18.2 Å². The van der Waals surface area contributed by atoms with E-state index in [0.29, 0.717) is 5.25 Å². The molecule has 1 N–H and O–H groups in total. The molecule has 3 nitrogen and oxygen atoms in total. The van der Waals surface area contributed by atoms with Gasteiger partial charge in [0.15, 0.2) is 0 Å². The summed E-state index contributed by atoms with van der Waals surface area (Å²) in [7, 11) is -3.60. The molecule has 0 bridgehead atoms. The molecule has 1 saturated carbocycles. The van der Waals surface area contributed by atoms with Crippen LogP contribution in [0.4, 0.5) is 4.39 Å². The predicted octanol–water partition coefficient (Wildman–Crippen LogP) is 2.78. The third-order valence-electron chi connectivity index (χ3n) is 3.22. The van der Waals surface area contributed by atoms with Crippen LogP contribution in [0.15, 0.2) is 29.2 Å². The first-order valence-corrected chi connectivity index (χ1v) is 8.94. The Morgan fingerprint density at radius 2 is 2.21 bits per heavy atom. The van der Waals surface area contributed by atoms with Crippen LogP contribution in [0.2, 0.25) is 0 Å². The Labute approximate surface area is 118 Å². The smallest absolute Gasteiger partial charge is 0.208 e. The van der Waals surface area contributed by atoms with Crippen LogP contribution in [0.5, 0.6) is 0 Å². The first-order chi connectivity index (χ1) is 9.01. The molecular weight excluding hydrogens is 285 g/mol. The fraction of sp³-hybridized carbons (Fsp3) is 0.538. The molecule has 1 aromatic rings. The summed E-state index contributed by atoms with van der Waals surface area (Å²) in [6.45, 7) is 2.11. The number of nitrogens with one attached hydrogen (secondary N) is 1. The van der Waals surface area contributed by atoms with E-state index in [4.69, 9.17) is 0 Å². The van der Waals surface area contributed by atoms with Gasteiger partial charge in [-0.15, -0.1) is 0 Å². The van der Waals surface area contributed by atoms with Crippen molar-refractivity contribution in [2.24, 2.45) is 0 Å². The summed E-state index contributed by atoms with van der Waals surface area (Å²) in [5.74, 6) is 0.516. The highest BCUT2D eigenvalue weighted by atomic mass is 32.2. The van der Waals surface area contributed by atoms with E-state index in [0.717, 1.165) is 31.1 Å². The van der Waals surface area contributed by atoms with Gasteiger partial charge in [0, 0.05) is 11.3 Å². The van der Waals surface area contributed by atoms with E-state index in [-0.39, 0.29) is 10.9 Å². The molecule has 0 aromatic heterocycles. The highest BCUT2D eigenvalue weighted by Crippen LogP contribution is 2.30. The van der Waals surface area contributed by atoms with Gasteiger partial charge in [0.1, 0.15) is 5.82 Å². The Balaban J connectivity index is 2.02. The SMILES string of the molecule is CCSC1CCC(NS(=O)(=O)c2cccc(F)c2)C1. The van der Waals surface area contributed by atoms with Gasteiger partial charge in [0.25, 0.3) is 0 Å². The summed E-state index contributed by atoms with van der Waals surface area (Å²) in [4.78, 5) is -0.000838. The summed E-state index contributed by atoms with van der Waals surface area (Å²) in [5.41, 5.74) is 0. The second-order valence-corrected chi connectivity index (χ2v) is 7.96. The quantitative estimate of drug-likeness (QED) is 0.910. The largest absolute Gasteiger partial charge is 0.240 e. The third kappa shape index (κ3) is 3.94. The number of hydrogen-bond donors (Lipinski definition) is 1. The van der Waals surface area contributed by atoms with E-state index in [2.05, 4.69) is 11.6 Å². The lowest BCUT2D eigenvalue weighted by Crippen LogP contribution is -2.33. The standard InChI is InChI=1S/C13H18FNO2S2/c1-2-18-12-7-6-11(9-12)15-19(16,17)13-5-3-4-10(14)8-13/h3-5,8,11-12,15H,2,6-7,9H2,1H3. The topological polar surface area (TPSA) is 46.2 Å². The molecule has 2 unspecified atom stereocenters. The second-order valence-electron chi connectivity index (χ2n) is 4.67. The minimum absolute atomic E-state index is 0.000838. The molecule has 2 atom stereocenters. The molecule has 0 radical (unpaired) electrons. The van der Waals surface area contributed by atoms with Crippen LogP contribution in [0, 0.1) is 5.82 Å². The van der Waals surface area contributed by atoms with Gasteiger partial charge >= 0.3 is 0 Å². The summed E-state index contributed by atoms with van der Waals surface area (Å²) in [6, 6.07) is 5.09. The molecule has 1 aliphatic rings. The van der Waals surface area contributed by atoms with Crippen LogP contribution >= 0.6 is 11.8 Å². The molecule has 0 spiro atoms. The Bertz CT molecular complexity index is 533. The van der Waals surface area contributed by atoms with E-state index in [9.17, 15) is 12.8 Å². The first-order valence-electron chi connectivity index (χ1n) is 6.41. The predicted molar refractivity (Wildman–Crippen MR) is 76.3 cm³/mol. The van der Waals surface area contributed by atoms with Gasteiger partial charge in [0.2, 0.25) is 10.0 Å². The monoisotopic (exact) mass is 303 g/mol. The molecule has 1 aliphatic carbocycles. The number of thioether (sulfide) groups is 1. The first kappa shape index (κ1) is 14.8. The number of benzene rings is 1. The van der Waals surface area contributed by atoms with Crippen LogP contribution < -0.4 is 4.72 Å². The molecule has 0 saturated heterocycles. The average Bonchev–Trinajstić information content (AvgIpc) is 2.76. The van der Waals surface area contributed by atoms with Crippen LogP contribution in [0.25, 0.3) is 0 Å². The third-order valence-corrected chi connectivity index (χ3v) is 5.97. The van der Waals surface area contributed by atoms with Crippen molar-refractivity contribution in [2.45, 2.75) is 42.4 Å². The van der Waals surface area contributed by atoms with Crippen LogP contribution in [0.3, 0.4) is 0 Å². The Hall–Kier alpha value is -0.590. The normalized spacial score (nSPS) is 23.7. The van der Waals surface area contributed by atoms with Crippen LogP contribution in [-0.4, -0.2) is 25.5 Å². The van der Waals surface area contributed by atoms with Gasteiger partial charge in [-0.1, -0.05) is 13.0 Å².